The topological polar surface area (TPSA) is 56.1 Å². The molecule has 6 nitrogen and oxygen atoms in total. The number of rotatable bonds is 6. The monoisotopic (exact) mass is 391 g/mol. The number of nitrogens with zero attached hydrogens (tertiary/aromatic N) is 3. The Labute approximate surface area is 170 Å². The number of carbonyl (C=O) groups is 1. The lowest BCUT2D eigenvalue weighted by atomic mass is 10.2. The second kappa shape index (κ2) is 8.92. The van der Waals surface area contributed by atoms with Gasteiger partial charge in [-0.05, 0) is 25.1 Å². The van der Waals surface area contributed by atoms with Crippen LogP contribution in [0.4, 0.5) is 5.69 Å². The number of amides is 1. The van der Waals surface area contributed by atoms with Crippen LogP contribution in [0.3, 0.4) is 0 Å². The third-order valence-corrected chi connectivity index (χ3v) is 5.00. The summed E-state index contributed by atoms with van der Waals surface area (Å²) in [5.41, 5.74) is 2.78. The van der Waals surface area contributed by atoms with Gasteiger partial charge in [-0.3, -0.25) is 9.79 Å². The van der Waals surface area contributed by atoms with E-state index >= 15 is 0 Å². The van der Waals surface area contributed by atoms with Crippen molar-refractivity contribution < 1.29 is 14.3 Å². The molecule has 29 heavy (non-hydrogen) atoms. The first-order valence-electron chi connectivity index (χ1n) is 9.95. The summed E-state index contributed by atoms with van der Waals surface area (Å²) in [4.78, 5) is 19.2. The highest BCUT2D eigenvalue weighted by molar-refractivity contribution is 6.00. The van der Waals surface area contributed by atoms with E-state index in [-0.39, 0.29) is 5.91 Å². The maximum Gasteiger partial charge on any atom is 0.242 e. The van der Waals surface area contributed by atoms with Crippen LogP contribution in [0.5, 0.6) is 5.75 Å². The molecule has 4 rings (SSSR count). The van der Waals surface area contributed by atoms with Crippen LogP contribution in [-0.4, -0.2) is 54.5 Å². The third-order valence-electron chi connectivity index (χ3n) is 5.00. The molecule has 0 atom stereocenters. The smallest absolute Gasteiger partial charge is 0.242 e. The number of carbonyl (C=O) groups excluding carboxylic acids is 1. The second-order valence-corrected chi connectivity index (χ2v) is 6.88. The van der Waals surface area contributed by atoms with Gasteiger partial charge in [0.15, 0.2) is 0 Å². The lowest BCUT2D eigenvalue weighted by molar-refractivity contribution is -0.135. The predicted octanol–water partition coefficient (Wildman–Crippen LogP) is 3.65. The van der Waals surface area contributed by atoms with Gasteiger partial charge in [0.25, 0.3) is 0 Å². The Bertz CT molecular complexity index is 1020. The average Bonchev–Trinajstić information content (AvgIpc) is 3.11. The molecule has 0 N–H and O–H groups in total. The van der Waals surface area contributed by atoms with E-state index in [9.17, 15) is 4.79 Å². The number of para-hydroxylation sites is 3. The minimum Gasteiger partial charge on any atom is -0.492 e. The lowest BCUT2D eigenvalue weighted by Gasteiger charge is -2.27. The van der Waals surface area contributed by atoms with E-state index < -0.39 is 0 Å². The van der Waals surface area contributed by atoms with Crippen LogP contribution < -0.4 is 4.74 Å². The van der Waals surface area contributed by atoms with Crippen LogP contribution >= 0.6 is 0 Å². The first-order valence-corrected chi connectivity index (χ1v) is 9.95. The molecule has 0 saturated carbocycles. The number of aliphatic imine (C=N–C) groups is 1. The maximum absolute atomic E-state index is 12.7. The molecule has 2 heterocycles. The van der Waals surface area contributed by atoms with Crippen molar-refractivity contribution in [2.24, 2.45) is 4.99 Å². The van der Waals surface area contributed by atoms with Gasteiger partial charge >= 0.3 is 0 Å². The standard InChI is InChI=1S/C23H25N3O3/c1-2-29-22-10-6-4-8-20(22)24-15-18-16-26(21-9-5-3-7-19(18)21)17-23(27)25-11-13-28-14-12-25/h3-10,15-16H,2,11-14,17H2,1H3. The van der Waals surface area contributed by atoms with E-state index in [1.807, 2.05) is 71.3 Å². The molecule has 0 bridgehead atoms. The summed E-state index contributed by atoms with van der Waals surface area (Å²) in [6.07, 6.45) is 3.84. The quantitative estimate of drug-likeness (QED) is 0.603. The first-order chi connectivity index (χ1) is 14.3. The van der Waals surface area contributed by atoms with Gasteiger partial charge < -0.3 is 18.9 Å². The van der Waals surface area contributed by atoms with Gasteiger partial charge in [0, 0.05) is 42.0 Å². The number of hydrogen-bond donors (Lipinski definition) is 0. The van der Waals surface area contributed by atoms with E-state index in [4.69, 9.17) is 9.47 Å². The van der Waals surface area contributed by atoms with Crippen molar-refractivity contribution in [2.75, 3.05) is 32.9 Å². The van der Waals surface area contributed by atoms with Gasteiger partial charge in [-0.1, -0.05) is 30.3 Å². The molecule has 2 aromatic carbocycles. The van der Waals surface area contributed by atoms with E-state index in [1.165, 1.54) is 0 Å². The zero-order valence-electron chi connectivity index (χ0n) is 16.6. The van der Waals surface area contributed by atoms with Crippen LogP contribution in [0.15, 0.2) is 59.7 Å². The molecular formula is C23H25N3O3. The molecule has 0 unspecified atom stereocenters. The van der Waals surface area contributed by atoms with Gasteiger partial charge in [-0.25, -0.2) is 0 Å². The van der Waals surface area contributed by atoms with E-state index in [0.29, 0.717) is 39.5 Å². The Morgan fingerprint density at radius 2 is 1.90 bits per heavy atom. The van der Waals surface area contributed by atoms with Crippen molar-refractivity contribution in [3.8, 4) is 5.75 Å². The Kier molecular flexibility index (Phi) is 5.91. The number of fused-ring (bicyclic) bond motifs is 1. The van der Waals surface area contributed by atoms with Crippen molar-refractivity contribution in [1.29, 1.82) is 0 Å². The Balaban J connectivity index is 1.61. The van der Waals surface area contributed by atoms with Crippen molar-refractivity contribution in [3.63, 3.8) is 0 Å². The number of morpholine rings is 1. The summed E-state index contributed by atoms with van der Waals surface area (Å²) >= 11 is 0. The van der Waals surface area contributed by atoms with Crippen molar-refractivity contribution in [3.05, 3.63) is 60.3 Å². The largest absolute Gasteiger partial charge is 0.492 e. The Hall–Kier alpha value is -3.12. The number of aromatic nitrogens is 1. The van der Waals surface area contributed by atoms with Gasteiger partial charge in [-0.15, -0.1) is 0 Å². The summed E-state index contributed by atoms with van der Waals surface area (Å²) in [6.45, 7) is 5.38. The molecule has 1 aliphatic rings. The Morgan fingerprint density at radius 1 is 1.14 bits per heavy atom. The lowest BCUT2D eigenvalue weighted by Crippen LogP contribution is -2.42. The molecule has 1 aromatic heterocycles. The molecule has 1 saturated heterocycles. The number of benzene rings is 2. The molecule has 0 spiro atoms. The number of ether oxygens (including phenoxy) is 2. The van der Waals surface area contributed by atoms with Crippen molar-refractivity contribution >= 4 is 28.7 Å². The molecule has 6 heteroatoms. The Morgan fingerprint density at radius 3 is 2.72 bits per heavy atom. The third kappa shape index (κ3) is 4.32. The summed E-state index contributed by atoms with van der Waals surface area (Å²) in [6, 6.07) is 15.8. The number of hydrogen-bond acceptors (Lipinski definition) is 4. The van der Waals surface area contributed by atoms with Gasteiger partial charge in [0.2, 0.25) is 5.91 Å². The highest BCUT2D eigenvalue weighted by Gasteiger charge is 2.18. The van der Waals surface area contributed by atoms with Crippen molar-refractivity contribution in [2.45, 2.75) is 13.5 Å². The fourth-order valence-electron chi connectivity index (χ4n) is 3.55. The fourth-order valence-corrected chi connectivity index (χ4v) is 3.55. The SMILES string of the molecule is CCOc1ccccc1N=Cc1cn(CC(=O)N2CCOCC2)c2ccccc12. The summed E-state index contributed by atoms with van der Waals surface area (Å²) in [7, 11) is 0. The summed E-state index contributed by atoms with van der Waals surface area (Å²) < 4.78 is 13.0. The summed E-state index contributed by atoms with van der Waals surface area (Å²) in [5, 5.41) is 1.07. The van der Waals surface area contributed by atoms with Crippen LogP contribution in [0.2, 0.25) is 0 Å². The molecular weight excluding hydrogens is 366 g/mol. The molecule has 1 amide bonds. The predicted molar refractivity (Wildman–Crippen MR) is 114 cm³/mol. The molecule has 1 aliphatic heterocycles. The minimum atomic E-state index is 0.110. The first kappa shape index (κ1) is 19.2. The van der Waals surface area contributed by atoms with Crippen LogP contribution in [0, 0.1) is 0 Å². The van der Waals surface area contributed by atoms with Crippen LogP contribution in [-0.2, 0) is 16.1 Å². The maximum atomic E-state index is 12.7. The minimum absolute atomic E-state index is 0.110. The normalized spacial score (nSPS) is 14.6. The average molecular weight is 391 g/mol. The molecule has 3 aromatic rings. The van der Waals surface area contributed by atoms with Crippen molar-refractivity contribution in [1.82, 2.24) is 9.47 Å². The fraction of sp³-hybridized carbons (Fsp3) is 0.304. The second-order valence-electron chi connectivity index (χ2n) is 6.88. The summed E-state index contributed by atoms with van der Waals surface area (Å²) in [5.74, 6) is 0.872. The van der Waals surface area contributed by atoms with Gasteiger partial charge in [-0.2, -0.15) is 0 Å². The van der Waals surface area contributed by atoms with E-state index in [1.54, 1.807) is 0 Å². The molecule has 0 aliphatic carbocycles. The highest BCUT2D eigenvalue weighted by Crippen LogP contribution is 2.27. The van der Waals surface area contributed by atoms with Crippen LogP contribution in [0.1, 0.15) is 12.5 Å². The molecule has 0 radical (unpaired) electrons. The molecule has 1 fully saturated rings. The zero-order chi connectivity index (χ0) is 20.1. The van der Waals surface area contributed by atoms with Crippen LogP contribution in [0.25, 0.3) is 10.9 Å². The van der Waals surface area contributed by atoms with Gasteiger partial charge in [0.05, 0.1) is 19.8 Å². The highest BCUT2D eigenvalue weighted by atomic mass is 16.5. The van der Waals surface area contributed by atoms with Gasteiger partial charge in [0.1, 0.15) is 18.0 Å². The van der Waals surface area contributed by atoms with E-state index in [2.05, 4.69) is 11.1 Å². The van der Waals surface area contributed by atoms with E-state index in [0.717, 1.165) is 27.9 Å². The zero-order valence-corrected chi connectivity index (χ0v) is 16.6. The molecule has 150 valence electrons.